The highest BCUT2D eigenvalue weighted by molar-refractivity contribution is 8.00. The van der Waals surface area contributed by atoms with Gasteiger partial charge in [-0.1, -0.05) is 18.2 Å². The van der Waals surface area contributed by atoms with Crippen LogP contribution in [0.5, 0.6) is 0 Å². The highest BCUT2D eigenvalue weighted by Crippen LogP contribution is 2.39. The highest BCUT2D eigenvalue weighted by Gasteiger charge is 2.39. The average molecular weight is 332 g/mol. The Hall–Kier alpha value is -1.96. The molecule has 1 saturated heterocycles. The van der Waals surface area contributed by atoms with Crippen LogP contribution in [0.15, 0.2) is 34.7 Å². The van der Waals surface area contributed by atoms with Crippen molar-refractivity contribution in [3.05, 3.63) is 35.4 Å². The van der Waals surface area contributed by atoms with Crippen molar-refractivity contribution in [1.29, 1.82) is 0 Å². The summed E-state index contributed by atoms with van der Waals surface area (Å²) in [5, 5.41) is 0. The van der Waals surface area contributed by atoms with Crippen LogP contribution >= 0.6 is 11.8 Å². The van der Waals surface area contributed by atoms with Gasteiger partial charge in [0.15, 0.2) is 0 Å². The van der Waals surface area contributed by atoms with E-state index in [1.807, 2.05) is 0 Å². The molecule has 0 spiro atoms. The number of thioether (sulfide) groups is 1. The second-order valence-electron chi connectivity index (χ2n) is 4.82. The van der Waals surface area contributed by atoms with E-state index < -0.39 is 28.8 Å². The van der Waals surface area contributed by atoms with Gasteiger partial charge in [-0.25, -0.2) is 9.59 Å². The number of alkyl halides is 3. The molecule has 0 bridgehead atoms. The number of benzene rings is 1. The van der Waals surface area contributed by atoms with Gasteiger partial charge < -0.3 is 9.47 Å². The summed E-state index contributed by atoms with van der Waals surface area (Å²) in [5.41, 5.74) is -4.85. The van der Waals surface area contributed by atoms with Crippen LogP contribution in [0.3, 0.4) is 0 Å². The Bertz CT molecular complexity index is 628. The van der Waals surface area contributed by atoms with Crippen molar-refractivity contribution < 1.29 is 32.2 Å². The molecule has 0 aliphatic carbocycles. The third kappa shape index (κ3) is 4.03. The lowest BCUT2D eigenvalue weighted by Gasteiger charge is -2.29. The first-order valence-electron chi connectivity index (χ1n) is 6.10. The molecule has 1 aromatic rings. The van der Waals surface area contributed by atoms with E-state index in [1.54, 1.807) is 0 Å². The molecule has 118 valence electrons. The quantitative estimate of drug-likeness (QED) is 0.359. The molecule has 1 aliphatic heterocycles. The molecule has 1 aliphatic rings. The van der Waals surface area contributed by atoms with E-state index in [2.05, 4.69) is 0 Å². The van der Waals surface area contributed by atoms with Gasteiger partial charge in [0, 0.05) is 18.7 Å². The molecule has 8 heteroatoms. The number of cyclic esters (lactones) is 2. The second-order valence-corrected chi connectivity index (χ2v) is 5.93. The van der Waals surface area contributed by atoms with Crippen LogP contribution in [-0.4, -0.2) is 23.2 Å². The van der Waals surface area contributed by atoms with Gasteiger partial charge in [0.2, 0.25) is 0 Å². The summed E-state index contributed by atoms with van der Waals surface area (Å²) in [6, 6.07) is 5.53. The minimum absolute atomic E-state index is 0.0773. The lowest BCUT2D eigenvalue weighted by Crippen LogP contribution is -2.41. The molecule has 0 amide bonds. The number of carbonyl (C=O) groups is 2. The fourth-order valence-corrected chi connectivity index (χ4v) is 2.39. The minimum Gasteiger partial charge on any atom is -0.419 e. The van der Waals surface area contributed by atoms with Crippen molar-refractivity contribution in [2.45, 2.75) is 30.0 Å². The maximum Gasteiger partial charge on any atom is 0.446 e. The Morgan fingerprint density at radius 1 is 1.09 bits per heavy atom. The summed E-state index contributed by atoms with van der Waals surface area (Å²) in [4.78, 5) is 23.5. The molecule has 4 nitrogen and oxygen atoms in total. The summed E-state index contributed by atoms with van der Waals surface area (Å²) < 4.78 is 47.3. The van der Waals surface area contributed by atoms with Crippen LogP contribution in [0.2, 0.25) is 0 Å². The summed E-state index contributed by atoms with van der Waals surface area (Å²) in [6.45, 7) is 2.76. The van der Waals surface area contributed by atoms with Crippen molar-refractivity contribution in [3.63, 3.8) is 0 Å². The zero-order chi connectivity index (χ0) is 16.5. The first-order chi connectivity index (χ1) is 10.1. The third-order valence-electron chi connectivity index (χ3n) is 2.56. The molecule has 22 heavy (non-hydrogen) atoms. The zero-order valence-corrected chi connectivity index (χ0v) is 12.4. The van der Waals surface area contributed by atoms with E-state index in [1.165, 1.54) is 38.1 Å². The molecular formula is C14H11F3O4S. The number of esters is 2. The van der Waals surface area contributed by atoms with E-state index in [-0.39, 0.29) is 22.2 Å². The van der Waals surface area contributed by atoms with Gasteiger partial charge in [0.1, 0.15) is 5.57 Å². The standard InChI is InChI=1S/C14H11F3O4S/c1-13(2)20-11(18)9(12(19)21-13)7-8-5-3-4-6-10(8)22-14(15,16)17/h3-7H,1-2H3. The molecule has 0 unspecified atom stereocenters. The molecule has 2 rings (SSSR count). The topological polar surface area (TPSA) is 52.6 Å². The smallest absolute Gasteiger partial charge is 0.419 e. The molecule has 0 atom stereocenters. The van der Waals surface area contributed by atoms with Crippen molar-refractivity contribution in [2.75, 3.05) is 0 Å². The fourth-order valence-electron chi connectivity index (χ4n) is 1.75. The normalized spacial score (nSPS) is 17.8. The number of hydrogen-bond acceptors (Lipinski definition) is 5. The van der Waals surface area contributed by atoms with E-state index in [0.29, 0.717) is 0 Å². The van der Waals surface area contributed by atoms with Crippen molar-refractivity contribution in [2.24, 2.45) is 0 Å². The molecule has 0 saturated carbocycles. The predicted molar refractivity (Wildman–Crippen MR) is 72.6 cm³/mol. The Balaban J connectivity index is 2.37. The van der Waals surface area contributed by atoms with Gasteiger partial charge in [0.05, 0.1) is 0 Å². The summed E-state index contributed by atoms with van der Waals surface area (Å²) >= 11 is -0.331. The number of hydrogen-bond donors (Lipinski definition) is 0. The minimum atomic E-state index is -4.48. The van der Waals surface area contributed by atoms with Crippen LogP contribution in [0.4, 0.5) is 13.2 Å². The van der Waals surface area contributed by atoms with Crippen LogP contribution < -0.4 is 0 Å². The van der Waals surface area contributed by atoms with E-state index in [4.69, 9.17) is 9.47 Å². The lowest BCUT2D eigenvalue weighted by atomic mass is 10.1. The van der Waals surface area contributed by atoms with Crippen LogP contribution in [0.1, 0.15) is 19.4 Å². The zero-order valence-electron chi connectivity index (χ0n) is 11.6. The highest BCUT2D eigenvalue weighted by atomic mass is 32.2. The predicted octanol–water partition coefficient (Wildman–Crippen LogP) is 3.52. The van der Waals surface area contributed by atoms with Gasteiger partial charge in [-0.2, -0.15) is 13.2 Å². The number of carbonyl (C=O) groups excluding carboxylic acids is 2. The average Bonchev–Trinajstić information content (AvgIpc) is 2.32. The van der Waals surface area contributed by atoms with Crippen molar-refractivity contribution >= 4 is 29.8 Å². The second kappa shape index (κ2) is 5.68. The molecular weight excluding hydrogens is 321 g/mol. The van der Waals surface area contributed by atoms with Gasteiger partial charge in [-0.05, 0) is 29.5 Å². The summed E-state index contributed by atoms with van der Waals surface area (Å²) in [7, 11) is 0. The van der Waals surface area contributed by atoms with Gasteiger partial charge in [0.25, 0.3) is 5.79 Å². The first-order valence-corrected chi connectivity index (χ1v) is 6.92. The van der Waals surface area contributed by atoms with Gasteiger partial charge in [-0.15, -0.1) is 0 Å². The molecule has 0 aromatic heterocycles. The fraction of sp³-hybridized carbons (Fsp3) is 0.286. The third-order valence-corrected chi connectivity index (χ3v) is 3.38. The molecule has 0 radical (unpaired) electrons. The van der Waals surface area contributed by atoms with Crippen molar-refractivity contribution in [1.82, 2.24) is 0 Å². The van der Waals surface area contributed by atoms with Crippen molar-refractivity contribution in [3.8, 4) is 0 Å². The Kier molecular flexibility index (Phi) is 4.23. The maximum atomic E-state index is 12.5. The summed E-state index contributed by atoms with van der Waals surface area (Å²) in [6.07, 6.45) is 1.04. The Morgan fingerprint density at radius 2 is 1.64 bits per heavy atom. The van der Waals surface area contributed by atoms with Crippen LogP contribution in [0.25, 0.3) is 6.08 Å². The summed E-state index contributed by atoms with van der Waals surface area (Å²) in [5.74, 6) is -3.27. The van der Waals surface area contributed by atoms with Crippen LogP contribution in [-0.2, 0) is 19.1 Å². The monoisotopic (exact) mass is 332 g/mol. The molecule has 1 heterocycles. The van der Waals surface area contributed by atoms with Crippen LogP contribution in [0, 0.1) is 0 Å². The van der Waals surface area contributed by atoms with Gasteiger partial charge >= 0.3 is 17.4 Å². The molecule has 1 aromatic carbocycles. The first kappa shape index (κ1) is 16.4. The van der Waals surface area contributed by atoms with E-state index >= 15 is 0 Å². The SMILES string of the molecule is CC1(C)OC(=O)C(=Cc2ccccc2SC(F)(F)F)C(=O)O1. The lowest BCUT2D eigenvalue weighted by molar-refractivity contribution is -0.222. The van der Waals surface area contributed by atoms with Gasteiger partial charge in [-0.3, -0.25) is 0 Å². The number of ether oxygens (including phenoxy) is 2. The molecule has 1 fully saturated rings. The maximum absolute atomic E-state index is 12.5. The Morgan fingerprint density at radius 3 is 2.18 bits per heavy atom. The number of halogens is 3. The number of rotatable bonds is 2. The van der Waals surface area contributed by atoms with E-state index in [9.17, 15) is 22.8 Å². The largest absolute Gasteiger partial charge is 0.446 e. The Labute approximate surface area is 128 Å². The van der Waals surface area contributed by atoms with E-state index in [0.717, 1.165) is 6.08 Å². The molecule has 0 N–H and O–H groups in total.